The molecular formula is C9H19N3O. The lowest BCUT2D eigenvalue weighted by Gasteiger charge is -2.33. The topological polar surface area (TPSA) is 58.4 Å². The quantitative estimate of drug-likeness (QED) is 0.626. The fourth-order valence-electron chi connectivity index (χ4n) is 1.83. The summed E-state index contributed by atoms with van der Waals surface area (Å²) in [5, 5.41) is 2.63. The van der Waals surface area contributed by atoms with Gasteiger partial charge in [-0.1, -0.05) is 0 Å². The number of carbonyl (C=O) groups excluding carboxylic acids is 1. The summed E-state index contributed by atoms with van der Waals surface area (Å²) < 4.78 is 0. The summed E-state index contributed by atoms with van der Waals surface area (Å²) in [4.78, 5) is 13.1. The van der Waals surface area contributed by atoms with Crippen molar-refractivity contribution in [1.29, 1.82) is 0 Å². The van der Waals surface area contributed by atoms with Crippen LogP contribution in [0.15, 0.2) is 0 Å². The fraction of sp³-hybridized carbons (Fsp3) is 0.889. The number of amides is 2. The Bertz CT molecular complexity index is 176. The van der Waals surface area contributed by atoms with Gasteiger partial charge in [-0.05, 0) is 25.7 Å². The second-order valence-corrected chi connectivity index (χ2v) is 3.73. The summed E-state index contributed by atoms with van der Waals surface area (Å²) in [5.74, 6) is 0. The number of nitrogens with two attached hydrogens (primary N) is 1. The molecule has 0 bridgehead atoms. The monoisotopic (exact) mass is 185 g/mol. The van der Waals surface area contributed by atoms with Crippen molar-refractivity contribution in [3.63, 3.8) is 0 Å². The van der Waals surface area contributed by atoms with Crippen molar-refractivity contribution in [3.8, 4) is 0 Å². The van der Waals surface area contributed by atoms with Gasteiger partial charge in [0.1, 0.15) is 0 Å². The van der Waals surface area contributed by atoms with E-state index in [9.17, 15) is 4.79 Å². The second kappa shape index (κ2) is 4.46. The van der Waals surface area contributed by atoms with E-state index in [-0.39, 0.29) is 6.03 Å². The molecule has 3 N–H and O–H groups in total. The predicted octanol–water partition coefficient (Wildman–Crippen LogP) is 0.527. The van der Waals surface area contributed by atoms with E-state index in [4.69, 9.17) is 5.73 Å². The van der Waals surface area contributed by atoms with Gasteiger partial charge in [0.25, 0.3) is 0 Å². The average molecular weight is 185 g/mol. The van der Waals surface area contributed by atoms with Crippen LogP contribution in [0.2, 0.25) is 0 Å². The highest BCUT2D eigenvalue weighted by molar-refractivity contribution is 5.73. The molecule has 0 saturated heterocycles. The molecule has 0 aromatic heterocycles. The van der Waals surface area contributed by atoms with E-state index in [0.717, 1.165) is 25.7 Å². The molecule has 13 heavy (non-hydrogen) atoms. The molecule has 0 aromatic rings. The van der Waals surface area contributed by atoms with Crippen LogP contribution in [0, 0.1) is 0 Å². The minimum Gasteiger partial charge on any atom is -0.341 e. The van der Waals surface area contributed by atoms with E-state index < -0.39 is 0 Å². The Labute approximate surface area is 79.5 Å². The lowest BCUT2D eigenvalue weighted by atomic mass is 9.91. The third-order valence-corrected chi connectivity index (χ3v) is 2.82. The van der Waals surface area contributed by atoms with Crippen LogP contribution >= 0.6 is 0 Å². The van der Waals surface area contributed by atoms with E-state index in [2.05, 4.69) is 5.32 Å². The zero-order chi connectivity index (χ0) is 9.84. The molecule has 4 nitrogen and oxygen atoms in total. The third kappa shape index (κ3) is 2.59. The van der Waals surface area contributed by atoms with Gasteiger partial charge in [0.2, 0.25) is 0 Å². The van der Waals surface area contributed by atoms with Crippen molar-refractivity contribution in [2.24, 2.45) is 5.73 Å². The maximum Gasteiger partial charge on any atom is 0.317 e. The summed E-state index contributed by atoms with van der Waals surface area (Å²) in [7, 11) is 3.51. The zero-order valence-electron chi connectivity index (χ0n) is 8.42. The number of carbonyl (C=O) groups is 1. The molecule has 1 fully saturated rings. The maximum absolute atomic E-state index is 11.3. The molecule has 0 spiro atoms. The SMILES string of the molecule is CNC(=O)N(C)C1CCC(N)CC1. The first-order chi connectivity index (χ1) is 6.15. The number of nitrogens with zero attached hydrogens (tertiary/aromatic N) is 1. The Balaban J connectivity index is 2.39. The molecule has 0 heterocycles. The van der Waals surface area contributed by atoms with Gasteiger partial charge < -0.3 is 16.0 Å². The normalized spacial score (nSPS) is 28.2. The summed E-state index contributed by atoms with van der Waals surface area (Å²) in [6.07, 6.45) is 4.13. The molecule has 1 rings (SSSR count). The molecule has 0 aliphatic heterocycles. The van der Waals surface area contributed by atoms with Gasteiger partial charge >= 0.3 is 6.03 Å². The number of nitrogens with one attached hydrogen (secondary N) is 1. The summed E-state index contributed by atoms with van der Waals surface area (Å²) in [5.41, 5.74) is 5.79. The minimum absolute atomic E-state index is 0.000437. The third-order valence-electron chi connectivity index (χ3n) is 2.82. The smallest absolute Gasteiger partial charge is 0.317 e. The lowest BCUT2D eigenvalue weighted by molar-refractivity contribution is 0.172. The van der Waals surface area contributed by atoms with Crippen LogP contribution in [0.25, 0.3) is 0 Å². The predicted molar refractivity (Wildman–Crippen MR) is 52.5 cm³/mol. The van der Waals surface area contributed by atoms with Crippen molar-refractivity contribution in [2.75, 3.05) is 14.1 Å². The van der Waals surface area contributed by atoms with Crippen LogP contribution in [0.4, 0.5) is 4.79 Å². The van der Waals surface area contributed by atoms with Gasteiger partial charge in [-0.15, -0.1) is 0 Å². The number of rotatable bonds is 1. The Kier molecular flexibility index (Phi) is 3.54. The highest BCUT2D eigenvalue weighted by Crippen LogP contribution is 2.20. The second-order valence-electron chi connectivity index (χ2n) is 3.73. The van der Waals surface area contributed by atoms with E-state index in [0.29, 0.717) is 12.1 Å². The van der Waals surface area contributed by atoms with Gasteiger partial charge in [-0.2, -0.15) is 0 Å². The van der Waals surface area contributed by atoms with E-state index in [1.165, 1.54) is 0 Å². The number of hydrogen-bond acceptors (Lipinski definition) is 2. The standard InChI is InChI=1S/C9H19N3O/c1-11-9(13)12(2)8-5-3-7(10)4-6-8/h7-8H,3-6,10H2,1-2H3,(H,11,13). The van der Waals surface area contributed by atoms with Gasteiger partial charge in [-0.3, -0.25) is 0 Å². The summed E-state index contributed by atoms with van der Waals surface area (Å²) >= 11 is 0. The Morgan fingerprint density at radius 2 is 1.92 bits per heavy atom. The molecule has 0 aromatic carbocycles. The minimum atomic E-state index is 0.000437. The van der Waals surface area contributed by atoms with Crippen LogP contribution < -0.4 is 11.1 Å². The van der Waals surface area contributed by atoms with E-state index >= 15 is 0 Å². The van der Waals surface area contributed by atoms with Crippen molar-refractivity contribution < 1.29 is 4.79 Å². The van der Waals surface area contributed by atoms with Crippen LogP contribution in [0.3, 0.4) is 0 Å². The molecule has 4 heteroatoms. The van der Waals surface area contributed by atoms with E-state index in [1.54, 1.807) is 11.9 Å². The van der Waals surface area contributed by atoms with Crippen molar-refractivity contribution in [1.82, 2.24) is 10.2 Å². The first kappa shape index (κ1) is 10.3. The van der Waals surface area contributed by atoms with Crippen molar-refractivity contribution in [2.45, 2.75) is 37.8 Å². The molecule has 0 unspecified atom stereocenters. The molecule has 76 valence electrons. The van der Waals surface area contributed by atoms with Crippen molar-refractivity contribution >= 4 is 6.03 Å². The molecule has 1 saturated carbocycles. The molecule has 1 aliphatic rings. The molecule has 2 amide bonds. The highest BCUT2D eigenvalue weighted by atomic mass is 16.2. The van der Waals surface area contributed by atoms with Crippen molar-refractivity contribution in [3.05, 3.63) is 0 Å². The first-order valence-electron chi connectivity index (χ1n) is 4.85. The zero-order valence-corrected chi connectivity index (χ0v) is 8.42. The molecule has 0 atom stereocenters. The van der Waals surface area contributed by atoms with E-state index in [1.807, 2.05) is 7.05 Å². The van der Waals surface area contributed by atoms with Crippen LogP contribution in [-0.2, 0) is 0 Å². The number of urea groups is 1. The van der Waals surface area contributed by atoms with Crippen LogP contribution in [0.1, 0.15) is 25.7 Å². The van der Waals surface area contributed by atoms with Gasteiger partial charge in [0.05, 0.1) is 0 Å². The molecule has 0 radical (unpaired) electrons. The number of hydrogen-bond donors (Lipinski definition) is 2. The molecular weight excluding hydrogens is 166 g/mol. The molecule has 1 aliphatic carbocycles. The summed E-state index contributed by atoms with van der Waals surface area (Å²) in [6.45, 7) is 0. The van der Waals surface area contributed by atoms with Gasteiger partial charge in [0, 0.05) is 26.2 Å². The lowest BCUT2D eigenvalue weighted by Crippen LogP contribution is -2.45. The van der Waals surface area contributed by atoms with Gasteiger partial charge in [0.15, 0.2) is 0 Å². The largest absolute Gasteiger partial charge is 0.341 e. The van der Waals surface area contributed by atoms with Crippen LogP contribution in [0.5, 0.6) is 0 Å². The Morgan fingerprint density at radius 1 is 1.38 bits per heavy atom. The fourth-order valence-corrected chi connectivity index (χ4v) is 1.83. The highest BCUT2D eigenvalue weighted by Gasteiger charge is 2.24. The van der Waals surface area contributed by atoms with Gasteiger partial charge in [-0.25, -0.2) is 4.79 Å². The Hall–Kier alpha value is -0.770. The first-order valence-corrected chi connectivity index (χ1v) is 4.85. The summed E-state index contributed by atoms with van der Waals surface area (Å²) in [6, 6.07) is 0.717. The van der Waals surface area contributed by atoms with Crippen LogP contribution in [-0.4, -0.2) is 37.1 Å². The maximum atomic E-state index is 11.3. The average Bonchev–Trinajstić information content (AvgIpc) is 2.17. The Morgan fingerprint density at radius 3 is 2.38 bits per heavy atom.